The lowest BCUT2D eigenvalue weighted by Gasteiger charge is -1.85. The van der Waals surface area contributed by atoms with Crippen LogP contribution in [0.15, 0.2) is 15.8 Å². The SMILES string of the molecule is O=C=Cc1c[nH]c(=O)[nH]c1=O. The van der Waals surface area contributed by atoms with Gasteiger partial charge in [-0.05, 0) is 0 Å². The molecule has 2 N–H and O–H groups in total. The summed E-state index contributed by atoms with van der Waals surface area (Å²) in [5.74, 6) is 1.43. The Morgan fingerprint density at radius 3 is 2.73 bits per heavy atom. The van der Waals surface area contributed by atoms with Crippen LogP contribution in [-0.2, 0) is 4.79 Å². The second kappa shape index (κ2) is 2.81. The van der Waals surface area contributed by atoms with Crippen molar-refractivity contribution in [1.82, 2.24) is 9.97 Å². The fourth-order valence-corrected chi connectivity index (χ4v) is 0.591. The monoisotopic (exact) mass is 152 g/mol. The van der Waals surface area contributed by atoms with Gasteiger partial charge in [0.2, 0.25) is 0 Å². The molecule has 0 saturated carbocycles. The van der Waals surface area contributed by atoms with Crippen molar-refractivity contribution < 1.29 is 4.79 Å². The van der Waals surface area contributed by atoms with Crippen LogP contribution >= 0.6 is 0 Å². The summed E-state index contributed by atoms with van der Waals surface area (Å²) in [6, 6.07) is 0. The van der Waals surface area contributed by atoms with Crippen molar-refractivity contribution in [2.45, 2.75) is 0 Å². The molecule has 0 amide bonds. The highest BCUT2D eigenvalue weighted by atomic mass is 16.2. The second-order valence-electron chi connectivity index (χ2n) is 1.79. The lowest BCUT2D eigenvalue weighted by molar-refractivity contribution is 0.570. The van der Waals surface area contributed by atoms with E-state index in [4.69, 9.17) is 0 Å². The van der Waals surface area contributed by atoms with Crippen molar-refractivity contribution in [1.29, 1.82) is 0 Å². The van der Waals surface area contributed by atoms with Crippen LogP contribution in [0.5, 0.6) is 0 Å². The summed E-state index contributed by atoms with van der Waals surface area (Å²) in [6.07, 6.45) is 2.08. The molecule has 56 valence electrons. The van der Waals surface area contributed by atoms with E-state index < -0.39 is 11.2 Å². The van der Waals surface area contributed by atoms with E-state index in [9.17, 15) is 14.4 Å². The average Bonchev–Trinajstić information content (AvgIpc) is 1.95. The molecule has 5 nitrogen and oxygen atoms in total. The summed E-state index contributed by atoms with van der Waals surface area (Å²) < 4.78 is 0. The standard InChI is InChI=1S/C6H4N2O3/c9-2-1-4-3-7-6(11)8-5(4)10/h1,3H,(H2,7,8,10,11). The second-order valence-corrected chi connectivity index (χ2v) is 1.79. The third kappa shape index (κ3) is 1.53. The predicted molar refractivity (Wildman–Crippen MR) is 37.8 cm³/mol. The fourth-order valence-electron chi connectivity index (χ4n) is 0.591. The summed E-state index contributed by atoms with van der Waals surface area (Å²) in [5, 5.41) is 0. The van der Waals surface area contributed by atoms with Crippen LogP contribution in [0, 0.1) is 0 Å². The molecule has 0 aliphatic rings. The van der Waals surface area contributed by atoms with Crippen LogP contribution in [0.1, 0.15) is 5.56 Å². The molecule has 0 spiro atoms. The summed E-state index contributed by atoms with van der Waals surface area (Å²) >= 11 is 0. The largest absolute Gasteiger partial charge is 0.325 e. The molecule has 0 aliphatic carbocycles. The number of hydrogen-bond donors (Lipinski definition) is 2. The van der Waals surface area contributed by atoms with E-state index in [2.05, 4.69) is 4.98 Å². The van der Waals surface area contributed by atoms with E-state index in [0.29, 0.717) is 0 Å². The zero-order valence-corrected chi connectivity index (χ0v) is 5.38. The van der Waals surface area contributed by atoms with Gasteiger partial charge >= 0.3 is 5.69 Å². The maximum Gasteiger partial charge on any atom is 0.325 e. The summed E-state index contributed by atoms with van der Waals surface area (Å²) in [6.45, 7) is 0. The zero-order valence-electron chi connectivity index (χ0n) is 5.38. The predicted octanol–water partition coefficient (Wildman–Crippen LogP) is -1.09. The van der Waals surface area contributed by atoms with Gasteiger partial charge in [0.1, 0.15) is 5.94 Å². The quantitative estimate of drug-likeness (QED) is 0.501. The maximum absolute atomic E-state index is 10.7. The number of H-pyrrole nitrogens is 2. The van der Waals surface area contributed by atoms with Crippen LogP contribution in [0.4, 0.5) is 0 Å². The van der Waals surface area contributed by atoms with Gasteiger partial charge in [-0.15, -0.1) is 0 Å². The minimum atomic E-state index is -0.600. The third-order valence-corrected chi connectivity index (χ3v) is 1.06. The highest BCUT2D eigenvalue weighted by Gasteiger charge is 1.93. The highest BCUT2D eigenvalue weighted by Crippen LogP contribution is 1.82. The molecular weight excluding hydrogens is 148 g/mol. The van der Waals surface area contributed by atoms with Crippen molar-refractivity contribution in [3.63, 3.8) is 0 Å². The van der Waals surface area contributed by atoms with Crippen molar-refractivity contribution in [3.8, 4) is 0 Å². The van der Waals surface area contributed by atoms with Crippen LogP contribution in [0.2, 0.25) is 0 Å². The molecular formula is C6H4N2O3. The van der Waals surface area contributed by atoms with Gasteiger partial charge in [0, 0.05) is 12.3 Å². The Bertz CT molecular complexity index is 408. The minimum Gasteiger partial charge on any atom is -0.313 e. The number of carbonyl (C=O) groups excluding carboxylic acids is 1. The maximum atomic E-state index is 10.7. The average molecular weight is 152 g/mol. The van der Waals surface area contributed by atoms with Crippen LogP contribution in [0.3, 0.4) is 0 Å². The van der Waals surface area contributed by atoms with Gasteiger partial charge in [0.05, 0.1) is 5.56 Å². The Morgan fingerprint density at radius 1 is 1.45 bits per heavy atom. The highest BCUT2D eigenvalue weighted by molar-refractivity contribution is 5.73. The number of rotatable bonds is 1. The molecule has 1 aromatic rings. The Hall–Kier alpha value is -1.87. The summed E-state index contributed by atoms with van der Waals surface area (Å²) in [5.41, 5.74) is -1.12. The molecule has 0 aromatic carbocycles. The Balaban J connectivity index is 3.42. The van der Waals surface area contributed by atoms with Gasteiger partial charge < -0.3 is 4.98 Å². The lowest BCUT2D eigenvalue weighted by atomic mass is 10.3. The van der Waals surface area contributed by atoms with Crippen LogP contribution in [0.25, 0.3) is 6.08 Å². The van der Waals surface area contributed by atoms with Crippen molar-refractivity contribution in [3.05, 3.63) is 32.6 Å². The third-order valence-electron chi connectivity index (χ3n) is 1.06. The van der Waals surface area contributed by atoms with Gasteiger partial charge in [0.15, 0.2) is 0 Å². The number of aromatic nitrogens is 2. The topological polar surface area (TPSA) is 82.8 Å². The van der Waals surface area contributed by atoms with Gasteiger partial charge in [-0.25, -0.2) is 9.59 Å². The van der Waals surface area contributed by atoms with Gasteiger partial charge in [-0.1, -0.05) is 0 Å². The molecule has 1 heterocycles. The van der Waals surface area contributed by atoms with E-state index in [-0.39, 0.29) is 5.56 Å². The molecule has 0 radical (unpaired) electrons. The van der Waals surface area contributed by atoms with E-state index in [1.165, 1.54) is 5.94 Å². The van der Waals surface area contributed by atoms with Gasteiger partial charge in [-0.2, -0.15) is 0 Å². The Morgan fingerprint density at radius 2 is 2.18 bits per heavy atom. The zero-order chi connectivity index (χ0) is 8.27. The molecule has 0 atom stereocenters. The first-order valence-electron chi connectivity index (χ1n) is 2.77. The van der Waals surface area contributed by atoms with Gasteiger partial charge in [0.25, 0.3) is 5.56 Å². The Labute approximate surface area is 60.4 Å². The normalized spacial score (nSPS) is 8.73. The summed E-state index contributed by atoms with van der Waals surface area (Å²) in [7, 11) is 0. The van der Waals surface area contributed by atoms with Crippen molar-refractivity contribution in [2.75, 3.05) is 0 Å². The van der Waals surface area contributed by atoms with E-state index in [1.807, 2.05) is 4.98 Å². The molecule has 0 aliphatic heterocycles. The molecule has 0 unspecified atom stereocenters. The van der Waals surface area contributed by atoms with E-state index in [1.54, 1.807) is 0 Å². The minimum absolute atomic E-state index is 0.0830. The summed E-state index contributed by atoms with van der Waals surface area (Å²) in [4.78, 5) is 35.1. The number of hydrogen-bond acceptors (Lipinski definition) is 3. The number of aromatic amines is 2. The number of nitrogens with one attached hydrogen (secondary N) is 2. The lowest BCUT2D eigenvalue weighted by Crippen LogP contribution is -2.22. The molecule has 5 heteroatoms. The molecule has 0 fully saturated rings. The first-order chi connectivity index (χ1) is 5.24. The smallest absolute Gasteiger partial charge is 0.313 e. The first kappa shape index (κ1) is 7.24. The van der Waals surface area contributed by atoms with Gasteiger partial charge in [-0.3, -0.25) is 9.78 Å². The fraction of sp³-hybridized carbons (Fsp3) is 0. The van der Waals surface area contributed by atoms with E-state index in [0.717, 1.165) is 12.3 Å². The molecule has 1 aromatic heterocycles. The van der Waals surface area contributed by atoms with Crippen LogP contribution in [-0.4, -0.2) is 15.9 Å². The van der Waals surface area contributed by atoms with Crippen molar-refractivity contribution >= 4 is 12.0 Å². The molecule has 0 bridgehead atoms. The van der Waals surface area contributed by atoms with Crippen molar-refractivity contribution in [2.24, 2.45) is 0 Å². The molecule has 11 heavy (non-hydrogen) atoms. The van der Waals surface area contributed by atoms with E-state index >= 15 is 0 Å². The molecule has 0 saturated heterocycles. The molecule has 1 rings (SSSR count). The first-order valence-corrected chi connectivity index (χ1v) is 2.77. The van der Waals surface area contributed by atoms with Crippen LogP contribution < -0.4 is 11.2 Å². The Kier molecular flexibility index (Phi) is 1.85.